The van der Waals surface area contributed by atoms with Crippen LogP contribution in [-0.2, 0) is 0 Å². The Kier molecular flexibility index (Phi) is 5.34. The second kappa shape index (κ2) is 8.03. The molecular formula is C19H27N5O2. The summed E-state index contributed by atoms with van der Waals surface area (Å²) in [4.78, 5) is 18.4. The van der Waals surface area contributed by atoms with Gasteiger partial charge in [-0.15, -0.1) is 0 Å². The highest BCUT2D eigenvalue weighted by Crippen LogP contribution is 2.31. The summed E-state index contributed by atoms with van der Waals surface area (Å²) in [6.07, 6.45) is 14.5. The number of imidazole rings is 1. The molecule has 1 saturated carbocycles. The zero-order valence-corrected chi connectivity index (χ0v) is 15.0. The highest BCUT2D eigenvalue weighted by molar-refractivity contribution is 5.38. The van der Waals surface area contributed by atoms with Crippen LogP contribution in [0.15, 0.2) is 24.8 Å². The number of hydrogen-bond donors (Lipinski definition) is 2. The van der Waals surface area contributed by atoms with Gasteiger partial charge in [-0.3, -0.25) is 4.98 Å². The Morgan fingerprint density at radius 2 is 1.92 bits per heavy atom. The van der Waals surface area contributed by atoms with Gasteiger partial charge in [0.2, 0.25) is 5.88 Å². The third kappa shape index (κ3) is 3.98. The van der Waals surface area contributed by atoms with Gasteiger partial charge >= 0.3 is 0 Å². The smallest absolute Gasteiger partial charge is 0.234 e. The number of aliphatic hydroxyl groups is 1. The molecule has 1 aliphatic carbocycles. The number of nitrogens with zero attached hydrogens (tertiary/aromatic N) is 4. The third-order valence-electron chi connectivity index (χ3n) is 5.55. The lowest BCUT2D eigenvalue weighted by molar-refractivity contribution is 0.0855. The van der Waals surface area contributed by atoms with Crippen molar-refractivity contribution in [3.8, 4) is 5.88 Å². The van der Waals surface area contributed by atoms with Crippen molar-refractivity contribution in [2.45, 2.75) is 57.2 Å². The van der Waals surface area contributed by atoms with Crippen molar-refractivity contribution < 1.29 is 9.84 Å². The molecule has 0 amide bonds. The molecule has 7 nitrogen and oxygen atoms in total. The zero-order valence-electron chi connectivity index (χ0n) is 15.0. The lowest BCUT2D eigenvalue weighted by atomic mass is 9.91. The van der Waals surface area contributed by atoms with E-state index in [2.05, 4.69) is 24.8 Å². The Bertz CT molecular complexity index is 679. The van der Waals surface area contributed by atoms with Crippen LogP contribution in [0.25, 0.3) is 0 Å². The molecule has 140 valence electrons. The van der Waals surface area contributed by atoms with Crippen LogP contribution < -0.4 is 9.64 Å². The van der Waals surface area contributed by atoms with Gasteiger partial charge in [0, 0.05) is 25.5 Å². The van der Waals surface area contributed by atoms with Gasteiger partial charge in [-0.05, 0) is 44.4 Å². The maximum Gasteiger partial charge on any atom is 0.234 e. The van der Waals surface area contributed by atoms with E-state index < -0.39 is 6.10 Å². The number of H-pyrrole nitrogens is 1. The lowest BCUT2D eigenvalue weighted by Gasteiger charge is -2.34. The second-order valence-corrected chi connectivity index (χ2v) is 7.34. The van der Waals surface area contributed by atoms with Crippen molar-refractivity contribution in [1.29, 1.82) is 0 Å². The van der Waals surface area contributed by atoms with Gasteiger partial charge in [0.1, 0.15) is 18.0 Å². The predicted octanol–water partition coefficient (Wildman–Crippen LogP) is 2.86. The first-order chi connectivity index (χ1) is 12.8. The SMILES string of the molecule is OC(c1ncc[nH]1)C1CCN(c2cncc(OC3CCCCC3)n2)CC1. The molecule has 1 aliphatic heterocycles. The van der Waals surface area contributed by atoms with Crippen molar-refractivity contribution in [2.24, 2.45) is 5.92 Å². The van der Waals surface area contributed by atoms with Crippen molar-refractivity contribution in [3.05, 3.63) is 30.6 Å². The first-order valence-corrected chi connectivity index (χ1v) is 9.70. The molecule has 4 rings (SSSR count). The quantitative estimate of drug-likeness (QED) is 0.856. The van der Waals surface area contributed by atoms with Crippen LogP contribution in [0.3, 0.4) is 0 Å². The van der Waals surface area contributed by atoms with Gasteiger partial charge in [-0.2, -0.15) is 4.98 Å². The topological polar surface area (TPSA) is 87.2 Å². The number of aromatic amines is 1. The van der Waals surface area contributed by atoms with Crippen LogP contribution >= 0.6 is 0 Å². The summed E-state index contributed by atoms with van der Waals surface area (Å²) in [5.41, 5.74) is 0. The fourth-order valence-electron chi connectivity index (χ4n) is 4.01. The maximum absolute atomic E-state index is 10.5. The Labute approximate surface area is 153 Å². The summed E-state index contributed by atoms with van der Waals surface area (Å²) >= 11 is 0. The molecule has 2 aromatic rings. The van der Waals surface area contributed by atoms with Gasteiger partial charge < -0.3 is 19.7 Å². The molecule has 3 heterocycles. The maximum atomic E-state index is 10.5. The average molecular weight is 357 g/mol. The molecule has 1 unspecified atom stereocenters. The van der Waals surface area contributed by atoms with Crippen LogP contribution in [0.1, 0.15) is 56.9 Å². The van der Waals surface area contributed by atoms with E-state index >= 15 is 0 Å². The van der Waals surface area contributed by atoms with Crippen LogP contribution in [0.4, 0.5) is 5.82 Å². The van der Waals surface area contributed by atoms with Gasteiger partial charge in [-0.1, -0.05) is 6.42 Å². The molecule has 1 atom stereocenters. The number of rotatable bonds is 5. The molecule has 2 aliphatic rings. The molecule has 26 heavy (non-hydrogen) atoms. The predicted molar refractivity (Wildman–Crippen MR) is 98.0 cm³/mol. The normalized spacial score (nSPS) is 20.9. The van der Waals surface area contributed by atoms with Crippen molar-refractivity contribution in [1.82, 2.24) is 19.9 Å². The van der Waals surface area contributed by atoms with E-state index in [4.69, 9.17) is 4.74 Å². The standard InChI is InChI=1S/C19H27N5O2/c25-18(19-21-8-9-22-19)14-6-10-24(11-7-14)16-12-20-13-17(23-16)26-15-4-2-1-3-5-15/h8-9,12-15,18,25H,1-7,10-11H2,(H,21,22). The van der Waals surface area contributed by atoms with Gasteiger partial charge in [-0.25, -0.2) is 4.98 Å². The minimum Gasteiger partial charge on any atom is -0.473 e. The minimum atomic E-state index is -0.529. The third-order valence-corrected chi connectivity index (χ3v) is 5.55. The van der Waals surface area contributed by atoms with Gasteiger partial charge in [0.05, 0.1) is 12.4 Å². The van der Waals surface area contributed by atoms with Crippen molar-refractivity contribution in [3.63, 3.8) is 0 Å². The molecule has 0 bridgehead atoms. The van der Waals surface area contributed by atoms with E-state index in [0.29, 0.717) is 11.7 Å². The summed E-state index contributed by atoms with van der Waals surface area (Å²) in [5, 5.41) is 10.5. The molecule has 0 radical (unpaired) electrons. The summed E-state index contributed by atoms with van der Waals surface area (Å²) in [6, 6.07) is 0. The molecule has 7 heteroatoms. The summed E-state index contributed by atoms with van der Waals surface area (Å²) in [5.74, 6) is 2.37. The first kappa shape index (κ1) is 17.3. The Morgan fingerprint density at radius 3 is 2.65 bits per heavy atom. The average Bonchev–Trinajstić information content (AvgIpc) is 3.23. The number of piperidine rings is 1. The number of aliphatic hydroxyl groups excluding tert-OH is 1. The van der Waals surface area contributed by atoms with Crippen LogP contribution in [-0.4, -0.2) is 44.2 Å². The van der Waals surface area contributed by atoms with E-state index in [9.17, 15) is 5.11 Å². The number of nitrogens with one attached hydrogen (secondary N) is 1. The van der Waals surface area contributed by atoms with E-state index in [1.165, 1.54) is 19.3 Å². The fourth-order valence-corrected chi connectivity index (χ4v) is 4.01. The molecule has 2 aromatic heterocycles. The van der Waals surface area contributed by atoms with E-state index in [-0.39, 0.29) is 12.0 Å². The number of aromatic nitrogens is 4. The van der Waals surface area contributed by atoms with Crippen molar-refractivity contribution in [2.75, 3.05) is 18.0 Å². The lowest BCUT2D eigenvalue weighted by Crippen LogP contribution is -2.36. The molecule has 2 fully saturated rings. The van der Waals surface area contributed by atoms with E-state index in [0.717, 1.165) is 44.6 Å². The highest BCUT2D eigenvalue weighted by Gasteiger charge is 2.28. The van der Waals surface area contributed by atoms with E-state index in [1.54, 1.807) is 24.8 Å². The number of hydrogen-bond acceptors (Lipinski definition) is 6. The zero-order chi connectivity index (χ0) is 17.8. The fraction of sp³-hybridized carbons (Fsp3) is 0.632. The van der Waals surface area contributed by atoms with E-state index in [1.807, 2.05) is 0 Å². The summed E-state index contributed by atoms with van der Waals surface area (Å²) in [7, 11) is 0. The molecule has 0 spiro atoms. The second-order valence-electron chi connectivity index (χ2n) is 7.34. The highest BCUT2D eigenvalue weighted by atomic mass is 16.5. The molecule has 2 N–H and O–H groups in total. The Balaban J connectivity index is 1.34. The van der Waals surface area contributed by atoms with Crippen molar-refractivity contribution >= 4 is 5.82 Å². The van der Waals surface area contributed by atoms with Gasteiger partial charge in [0.15, 0.2) is 5.82 Å². The number of anilines is 1. The molecular weight excluding hydrogens is 330 g/mol. The summed E-state index contributed by atoms with van der Waals surface area (Å²) in [6.45, 7) is 1.70. The summed E-state index contributed by atoms with van der Waals surface area (Å²) < 4.78 is 6.04. The molecule has 1 saturated heterocycles. The Morgan fingerprint density at radius 1 is 1.12 bits per heavy atom. The van der Waals surface area contributed by atoms with Crippen LogP contribution in [0.2, 0.25) is 0 Å². The Hall–Kier alpha value is -2.15. The van der Waals surface area contributed by atoms with Gasteiger partial charge in [0.25, 0.3) is 0 Å². The number of ether oxygens (including phenoxy) is 1. The molecule has 0 aromatic carbocycles. The minimum absolute atomic E-state index is 0.215. The van der Waals surface area contributed by atoms with Crippen LogP contribution in [0, 0.1) is 5.92 Å². The first-order valence-electron chi connectivity index (χ1n) is 9.70. The largest absolute Gasteiger partial charge is 0.473 e. The van der Waals surface area contributed by atoms with Crippen LogP contribution in [0.5, 0.6) is 5.88 Å². The monoisotopic (exact) mass is 357 g/mol.